The number of aryl methyl sites for hydroxylation is 1. The molecule has 72 valence electrons. The topological polar surface area (TPSA) is 26.0 Å². The Labute approximate surface area is 78.8 Å². The van der Waals surface area contributed by atoms with Gasteiger partial charge in [0.2, 0.25) is 0 Å². The van der Waals surface area contributed by atoms with Crippen LogP contribution in [0.5, 0.6) is 0 Å². The molecule has 0 spiro atoms. The maximum Gasteiger partial charge on any atom is 0.115 e. The first kappa shape index (κ1) is 10.2. The van der Waals surface area contributed by atoms with E-state index in [0.717, 1.165) is 17.5 Å². The van der Waals surface area contributed by atoms with Crippen molar-refractivity contribution in [3.05, 3.63) is 34.9 Å². The summed E-state index contributed by atoms with van der Waals surface area (Å²) in [5.74, 6) is 0. The lowest BCUT2D eigenvalue weighted by Crippen LogP contribution is -2.18. The van der Waals surface area contributed by atoms with Gasteiger partial charge in [0.05, 0.1) is 0 Å². The zero-order valence-electron chi connectivity index (χ0n) is 8.18. The summed E-state index contributed by atoms with van der Waals surface area (Å²) in [5, 5.41) is 0. The van der Waals surface area contributed by atoms with E-state index in [0.29, 0.717) is 0 Å². The second kappa shape index (κ2) is 4.38. The summed E-state index contributed by atoms with van der Waals surface area (Å²) in [5.41, 5.74) is 8.78. The first-order valence-electron chi connectivity index (χ1n) is 4.53. The zero-order valence-corrected chi connectivity index (χ0v) is 8.18. The molecule has 0 aromatic heterocycles. The lowest BCUT2D eigenvalue weighted by atomic mass is 10.00. The molecular weight excluding hydrogens is 165 g/mol. The predicted molar refractivity (Wildman–Crippen MR) is 53.3 cm³/mol. The van der Waals surface area contributed by atoms with Gasteiger partial charge in [-0.25, -0.2) is 4.39 Å². The Morgan fingerprint density at radius 3 is 2.69 bits per heavy atom. The Hall–Kier alpha value is -0.890. The highest BCUT2D eigenvalue weighted by molar-refractivity contribution is 5.31. The van der Waals surface area contributed by atoms with Crippen molar-refractivity contribution in [3.8, 4) is 0 Å². The monoisotopic (exact) mass is 181 g/mol. The molecule has 1 atom stereocenters. The van der Waals surface area contributed by atoms with Crippen LogP contribution in [-0.2, 0) is 13.1 Å². The van der Waals surface area contributed by atoms with Crippen LogP contribution in [0, 0.1) is 6.92 Å². The van der Waals surface area contributed by atoms with Crippen molar-refractivity contribution >= 4 is 0 Å². The molecule has 1 aromatic rings. The molecule has 0 radical (unpaired) electrons. The van der Waals surface area contributed by atoms with Crippen LogP contribution >= 0.6 is 0 Å². The second-order valence-electron chi connectivity index (χ2n) is 3.58. The third-order valence-electron chi connectivity index (χ3n) is 2.11. The zero-order chi connectivity index (χ0) is 9.84. The SMILES string of the molecule is Cc1ccc(CF)cc1CC(C)N. The summed E-state index contributed by atoms with van der Waals surface area (Å²) >= 11 is 0. The quantitative estimate of drug-likeness (QED) is 0.761. The third-order valence-corrected chi connectivity index (χ3v) is 2.11. The van der Waals surface area contributed by atoms with Crippen molar-refractivity contribution in [2.24, 2.45) is 5.73 Å². The van der Waals surface area contributed by atoms with E-state index in [1.165, 1.54) is 5.56 Å². The molecule has 1 nitrogen and oxygen atoms in total. The van der Waals surface area contributed by atoms with Gasteiger partial charge in [-0.05, 0) is 37.0 Å². The van der Waals surface area contributed by atoms with Gasteiger partial charge in [0, 0.05) is 6.04 Å². The van der Waals surface area contributed by atoms with Crippen LogP contribution in [0.2, 0.25) is 0 Å². The Bertz CT molecular complexity index is 281. The van der Waals surface area contributed by atoms with Crippen LogP contribution in [-0.4, -0.2) is 6.04 Å². The van der Waals surface area contributed by atoms with E-state index in [9.17, 15) is 4.39 Å². The van der Waals surface area contributed by atoms with Gasteiger partial charge in [0.1, 0.15) is 6.67 Å². The second-order valence-corrected chi connectivity index (χ2v) is 3.58. The van der Waals surface area contributed by atoms with Gasteiger partial charge in [0.15, 0.2) is 0 Å². The molecule has 0 saturated carbocycles. The molecule has 0 heterocycles. The number of nitrogens with two attached hydrogens (primary N) is 1. The van der Waals surface area contributed by atoms with Crippen LogP contribution in [0.4, 0.5) is 4.39 Å². The lowest BCUT2D eigenvalue weighted by molar-refractivity contribution is 0.485. The summed E-state index contributed by atoms with van der Waals surface area (Å²) in [6.07, 6.45) is 0.819. The molecule has 0 saturated heterocycles. The first-order valence-corrected chi connectivity index (χ1v) is 4.53. The van der Waals surface area contributed by atoms with Gasteiger partial charge in [0.25, 0.3) is 0 Å². The van der Waals surface area contributed by atoms with Crippen molar-refractivity contribution in [2.45, 2.75) is 33.0 Å². The maximum atomic E-state index is 12.3. The summed E-state index contributed by atoms with van der Waals surface area (Å²) < 4.78 is 12.3. The Kier molecular flexibility index (Phi) is 3.43. The van der Waals surface area contributed by atoms with E-state index < -0.39 is 6.67 Å². The van der Waals surface area contributed by atoms with E-state index in [4.69, 9.17) is 5.73 Å². The summed E-state index contributed by atoms with van der Waals surface area (Å²) in [7, 11) is 0. The minimum Gasteiger partial charge on any atom is -0.328 e. The van der Waals surface area contributed by atoms with E-state index in [1.54, 1.807) is 0 Å². The number of benzene rings is 1. The van der Waals surface area contributed by atoms with Gasteiger partial charge in [-0.15, -0.1) is 0 Å². The number of hydrogen-bond donors (Lipinski definition) is 1. The highest BCUT2D eigenvalue weighted by Crippen LogP contribution is 2.13. The molecule has 0 fully saturated rings. The Morgan fingerprint density at radius 1 is 1.46 bits per heavy atom. The molecule has 2 N–H and O–H groups in total. The molecule has 13 heavy (non-hydrogen) atoms. The summed E-state index contributed by atoms with van der Waals surface area (Å²) in [6, 6.07) is 5.80. The average molecular weight is 181 g/mol. The number of alkyl halides is 1. The molecule has 0 amide bonds. The van der Waals surface area contributed by atoms with E-state index in [-0.39, 0.29) is 6.04 Å². The normalized spacial score (nSPS) is 12.9. The van der Waals surface area contributed by atoms with Crippen LogP contribution in [0.15, 0.2) is 18.2 Å². The number of rotatable bonds is 3. The Balaban J connectivity index is 2.90. The molecule has 1 rings (SSSR count). The van der Waals surface area contributed by atoms with Crippen molar-refractivity contribution in [2.75, 3.05) is 0 Å². The summed E-state index contributed by atoms with van der Waals surface area (Å²) in [4.78, 5) is 0. The van der Waals surface area contributed by atoms with E-state index in [2.05, 4.69) is 0 Å². The van der Waals surface area contributed by atoms with Crippen LogP contribution in [0.3, 0.4) is 0 Å². The molecule has 1 unspecified atom stereocenters. The van der Waals surface area contributed by atoms with Crippen LogP contribution in [0.1, 0.15) is 23.6 Å². The smallest absolute Gasteiger partial charge is 0.115 e. The van der Waals surface area contributed by atoms with Gasteiger partial charge < -0.3 is 5.73 Å². The standard InChI is InChI=1S/C11H16FN/c1-8-3-4-10(7-12)6-11(8)5-9(2)13/h3-4,6,9H,5,7,13H2,1-2H3. The molecule has 2 heteroatoms. The summed E-state index contributed by atoms with van der Waals surface area (Å²) in [6.45, 7) is 3.59. The third kappa shape index (κ3) is 2.81. The molecule has 1 aromatic carbocycles. The fourth-order valence-corrected chi connectivity index (χ4v) is 1.37. The van der Waals surface area contributed by atoms with Gasteiger partial charge in [-0.3, -0.25) is 0 Å². The minimum atomic E-state index is -0.397. The highest BCUT2D eigenvalue weighted by Gasteiger charge is 2.02. The lowest BCUT2D eigenvalue weighted by Gasteiger charge is -2.09. The Morgan fingerprint density at radius 2 is 2.15 bits per heavy atom. The maximum absolute atomic E-state index is 12.3. The minimum absolute atomic E-state index is 0.133. The van der Waals surface area contributed by atoms with Gasteiger partial charge in [-0.1, -0.05) is 18.2 Å². The largest absolute Gasteiger partial charge is 0.328 e. The first-order chi connectivity index (χ1) is 6.13. The van der Waals surface area contributed by atoms with Gasteiger partial charge in [-0.2, -0.15) is 0 Å². The fraction of sp³-hybridized carbons (Fsp3) is 0.455. The van der Waals surface area contributed by atoms with Crippen molar-refractivity contribution in [1.29, 1.82) is 0 Å². The van der Waals surface area contributed by atoms with Crippen LogP contribution < -0.4 is 5.73 Å². The van der Waals surface area contributed by atoms with Gasteiger partial charge >= 0.3 is 0 Å². The average Bonchev–Trinajstić information content (AvgIpc) is 2.08. The molecular formula is C11H16FN. The van der Waals surface area contributed by atoms with E-state index in [1.807, 2.05) is 32.0 Å². The fourth-order valence-electron chi connectivity index (χ4n) is 1.37. The number of hydrogen-bond acceptors (Lipinski definition) is 1. The molecule has 0 bridgehead atoms. The van der Waals surface area contributed by atoms with Crippen LogP contribution in [0.25, 0.3) is 0 Å². The van der Waals surface area contributed by atoms with Crippen molar-refractivity contribution in [1.82, 2.24) is 0 Å². The molecule has 0 aliphatic carbocycles. The predicted octanol–water partition coefficient (Wildman–Crippen LogP) is 2.35. The molecule has 0 aliphatic rings. The number of halogens is 1. The highest BCUT2D eigenvalue weighted by atomic mass is 19.1. The van der Waals surface area contributed by atoms with Crippen molar-refractivity contribution < 1.29 is 4.39 Å². The van der Waals surface area contributed by atoms with Crippen molar-refractivity contribution in [3.63, 3.8) is 0 Å². The van der Waals surface area contributed by atoms with E-state index >= 15 is 0 Å². The molecule has 0 aliphatic heterocycles.